The molecular weight excluding hydrogens is 188 g/mol. The molecule has 0 aromatic heterocycles. The van der Waals surface area contributed by atoms with Gasteiger partial charge in [0.15, 0.2) is 0 Å². The van der Waals surface area contributed by atoms with Gasteiger partial charge in [0.1, 0.15) is 0 Å². The van der Waals surface area contributed by atoms with Crippen LogP contribution in [-0.4, -0.2) is 21.9 Å². The Morgan fingerprint density at radius 1 is 1.00 bits per heavy atom. The van der Waals surface area contributed by atoms with Gasteiger partial charge in [0, 0.05) is 5.92 Å². The molecule has 0 spiro atoms. The first-order valence-corrected chi connectivity index (χ1v) is 6.62. The van der Waals surface area contributed by atoms with Crippen molar-refractivity contribution in [1.29, 1.82) is 0 Å². The predicted octanol–water partition coefficient (Wildman–Crippen LogP) is 2.09. The maximum Gasteiger partial charge on any atom is 0.0728 e. The Kier molecular flexibility index (Phi) is 2.33. The molecule has 2 heteroatoms. The SMILES string of the molecule is O[C@@H]1[C@H]2CCC[C@H]1[C@]1(O)CCCC[C@@H]1C2. The number of aliphatic hydroxyl groups excluding tert-OH is 1. The lowest BCUT2D eigenvalue weighted by Gasteiger charge is -2.55. The van der Waals surface area contributed by atoms with Crippen molar-refractivity contribution in [2.45, 2.75) is 63.1 Å². The van der Waals surface area contributed by atoms with Gasteiger partial charge in [-0.15, -0.1) is 0 Å². The Balaban J connectivity index is 1.90. The van der Waals surface area contributed by atoms with E-state index in [-0.39, 0.29) is 12.0 Å². The summed E-state index contributed by atoms with van der Waals surface area (Å²) in [4.78, 5) is 0. The minimum atomic E-state index is -0.505. The van der Waals surface area contributed by atoms with E-state index in [9.17, 15) is 10.2 Å². The molecule has 3 aliphatic carbocycles. The smallest absolute Gasteiger partial charge is 0.0728 e. The van der Waals surface area contributed by atoms with Crippen LogP contribution in [0.15, 0.2) is 0 Å². The second-order valence-electron chi connectivity index (χ2n) is 5.96. The molecule has 5 atom stereocenters. The van der Waals surface area contributed by atoms with Crippen molar-refractivity contribution in [2.75, 3.05) is 0 Å². The molecular formula is C13H22O2. The summed E-state index contributed by atoms with van der Waals surface area (Å²) in [5.74, 6) is 1.17. The molecule has 0 aromatic carbocycles. The Hall–Kier alpha value is -0.0800. The molecule has 2 N–H and O–H groups in total. The van der Waals surface area contributed by atoms with E-state index in [1.54, 1.807) is 0 Å². The zero-order valence-electron chi connectivity index (χ0n) is 9.36. The van der Waals surface area contributed by atoms with Gasteiger partial charge in [0.05, 0.1) is 11.7 Å². The Bertz CT molecular complexity index is 253. The molecule has 0 aliphatic heterocycles. The van der Waals surface area contributed by atoms with Crippen molar-refractivity contribution in [1.82, 2.24) is 0 Å². The summed E-state index contributed by atoms with van der Waals surface area (Å²) < 4.78 is 0. The lowest BCUT2D eigenvalue weighted by Crippen LogP contribution is -2.59. The second kappa shape index (κ2) is 3.46. The van der Waals surface area contributed by atoms with Crippen LogP contribution in [0.4, 0.5) is 0 Å². The van der Waals surface area contributed by atoms with E-state index >= 15 is 0 Å². The molecule has 0 unspecified atom stereocenters. The van der Waals surface area contributed by atoms with Crippen LogP contribution >= 0.6 is 0 Å². The number of hydrogen-bond donors (Lipinski definition) is 2. The van der Waals surface area contributed by atoms with E-state index in [1.807, 2.05) is 0 Å². The monoisotopic (exact) mass is 210 g/mol. The molecule has 3 rings (SSSR count). The average molecular weight is 210 g/mol. The van der Waals surface area contributed by atoms with E-state index < -0.39 is 5.60 Å². The van der Waals surface area contributed by atoms with Crippen LogP contribution in [0.1, 0.15) is 51.4 Å². The fraction of sp³-hybridized carbons (Fsp3) is 1.00. The van der Waals surface area contributed by atoms with Crippen LogP contribution in [0.5, 0.6) is 0 Å². The van der Waals surface area contributed by atoms with Gasteiger partial charge in [-0.2, -0.15) is 0 Å². The van der Waals surface area contributed by atoms with Gasteiger partial charge >= 0.3 is 0 Å². The summed E-state index contributed by atoms with van der Waals surface area (Å²) in [5, 5.41) is 21.0. The molecule has 0 saturated heterocycles. The van der Waals surface area contributed by atoms with E-state index in [0.717, 1.165) is 25.7 Å². The van der Waals surface area contributed by atoms with Crippen LogP contribution in [0.3, 0.4) is 0 Å². The maximum absolute atomic E-state index is 10.8. The fourth-order valence-corrected chi connectivity index (χ4v) is 4.50. The quantitative estimate of drug-likeness (QED) is 0.642. The first-order valence-electron chi connectivity index (χ1n) is 6.62. The van der Waals surface area contributed by atoms with Crippen LogP contribution < -0.4 is 0 Å². The molecule has 86 valence electrons. The molecule has 0 heterocycles. The Labute approximate surface area is 91.7 Å². The first-order chi connectivity index (χ1) is 7.22. The molecule has 2 bridgehead atoms. The predicted molar refractivity (Wildman–Crippen MR) is 58.4 cm³/mol. The van der Waals surface area contributed by atoms with Gasteiger partial charge in [-0.25, -0.2) is 0 Å². The summed E-state index contributed by atoms with van der Waals surface area (Å²) >= 11 is 0. The van der Waals surface area contributed by atoms with E-state index in [2.05, 4.69) is 0 Å². The van der Waals surface area contributed by atoms with Gasteiger partial charge in [-0.3, -0.25) is 0 Å². The second-order valence-corrected chi connectivity index (χ2v) is 5.96. The van der Waals surface area contributed by atoms with Crippen molar-refractivity contribution in [3.8, 4) is 0 Å². The largest absolute Gasteiger partial charge is 0.392 e. The summed E-state index contributed by atoms with van der Waals surface area (Å²) in [7, 11) is 0. The lowest BCUT2D eigenvalue weighted by molar-refractivity contribution is -0.191. The van der Waals surface area contributed by atoms with Gasteiger partial charge in [-0.1, -0.05) is 19.3 Å². The highest BCUT2D eigenvalue weighted by atomic mass is 16.3. The number of rotatable bonds is 0. The van der Waals surface area contributed by atoms with Crippen molar-refractivity contribution in [3.05, 3.63) is 0 Å². The first kappa shape index (κ1) is 10.1. The van der Waals surface area contributed by atoms with Crippen LogP contribution in [0, 0.1) is 17.8 Å². The molecule has 0 amide bonds. The third kappa shape index (κ3) is 1.38. The number of hydrogen-bond acceptors (Lipinski definition) is 2. The third-order valence-corrected chi connectivity index (χ3v) is 5.30. The minimum Gasteiger partial charge on any atom is -0.392 e. The summed E-state index contributed by atoms with van der Waals surface area (Å²) in [6.45, 7) is 0. The third-order valence-electron chi connectivity index (χ3n) is 5.30. The zero-order chi connectivity index (χ0) is 10.5. The highest BCUT2D eigenvalue weighted by molar-refractivity contribution is 5.05. The number of fused-ring (bicyclic) bond motifs is 4. The maximum atomic E-state index is 10.8. The average Bonchev–Trinajstić information content (AvgIpc) is 2.21. The van der Waals surface area contributed by atoms with Crippen molar-refractivity contribution < 1.29 is 10.2 Å². The summed E-state index contributed by atoms with van der Waals surface area (Å²) in [6, 6.07) is 0. The molecule has 0 aromatic rings. The molecule has 3 saturated carbocycles. The number of aliphatic hydroxyl groups is 2. The van der Waals surface area contributed by atoms with Crippen molar-refractivity contribution in [2.24, 2.45) is 17.8 Å². The summed E-state index contributed by atoms with van der Waals surface area (Å²) in [6.07, 6.45) is 8.87. The Morgan fingerprint density at radius 3 is 2.73 bits per heavy atom. The van der Waals surface area contributed by atoms with E-state index in [1.165, 1.54) is 25.7 Å². The lowest BCUT2D eigenvalue weighted by atomic mass is 9.54. The standard InChI is InChI=1S/C13H22O2/c14-12-9-4-3-6-11(12)13(15)7-2-1-5-10(13)8-9/h9-12,14-15H,1-8H2/t9-,10+,11+,12+,13-/m0/s1. The van der Waals surface area contributed by atoms with Gasteiger partial charge in [0.25, 0.3) is 0 Å². The van der Waals surface area contributed by atoms with Gasteiger partial charge in [0.2, 0.25) is 0 Å². The molecule has 3 fully saturated rings. The van der Waals surface area contributed by atoms with Crippen LogP contribution in [-0.2, 0) is 0 Å². The molecule has 3 aliphatic rings. The van der Waals surface area contributed by atoms with Crippen LogP contribution in [0.25, 0.3) is 0 Å². The zero-order valence-corrected chi connectivity index (χ0v) is 9.36. The fourth-order valence-electron chi connectivity index (χ4n) is 4.50. The van der Waals surface area contributed by atoms with Crippen molar-refractivity contribution in [3.63, 3.8) is 0 Å². The van der Waals surface area contributed by atoms with Crippen molar-refractivity contribution >= 4 is 0 Å². The van der Waals surface area contributed by atoms with Gasteiger partial charge < -0.3 is 10.2 Å². The molecule has 0 radical (unpaired) electrons. The Morgan fingerprint density at radius 2 is 1.87 bits per heavy atom. The molecule has 2 nitrogen and oxygen atoms in total. The topological polar surface area (TPSA) is 40.5 Å². The van der Waals surface area contributed by atoms with Crippen LogP contribution in [0.2, 0.25) is 0 Å². The highest BCUT2D eigenvalue weighted by Gasteiger charge is 2.54. The summed E-state index contributed by atoms with van der Waals surface area (Å²) in [5.41, 5.74) is -0.505. The van der Waals surface area contributed by atoms with E-state index in [0.29, 0.717) is 11.8 Å². The van der Waals surface area contributed by atoms with Gasteiger partial charge in [-0.05, 0) is 43.9 Å². The highest BCUT2D eigenvalue weighted by Crippen LogP contribution is 2.53. The van der Waals surface area contributed by atoms with E-state index in [4.69, 9.17) is 0 Å². The normalized spacial score (nSPS) is 54.8. The molecule has 15 heavy (non-hydrogen) atoms. The minimum absolute atomic E-state index is 0.190.